The Bertz CT molecular complexity index is 957. The monoisotopic (exact) mass is 402 g/mol. The van der Waals surface area contributed by atoms with Gasteiger partial charge >= 0.3 is 0 Å². The molecule has 1 N–H and O–H groups in total. The van der Waals surface area contributed by atoms with Gasteiger partial charge in [-0.25, -0.2) is 8.42 Å². The van der Waals surface area contributed by atoms with Gasteiger partial charge in [-0.3, -0.25) is 4.79 Å². The molecule has 0 radical (unpaired) electrons. The molecule has 0 atom stereocenters. The van der Waals surface area contributed by atoms with Crippen LogP contribution in [0.2, 0.25) is 0 Å². The average Bonchev–Trinajstić information content (AvgIpc) is 2.67. The van der Waals surface area contributed by atoms with Crippen molar-refractivity contribution in [3.8, 4) is 5.75 Å². The third kappa shape index (κ3) is 4.91. The Morgan fingerprint density at radius 2 is 1.96 bits per heavy atom. The number of aryl methyl sites for hydroxylation is 1. The molecule has 0 fully saturated rings. The van der Waals surface area contributed by atoms with Gasteiger partial charge in [0.25, 0.3) is 5.91 Å². The fourth-order valence-electron chi connectivity index (χ4n) is 3.29. The van der Waals surface area contributed by atoms with Crippen LogP contribution in [0.4, 0.5) is 5.69 Å². The van der Waals surface area contributed by atoms with Gasteiger partial charge in [-0.05, 0) is 54.7 Å². The molecular weight excluding hydrogens is 376 g/mol. The van der Waals surface area contributed by atoms with Crippen molar-refractivity contribution >= 4 is 21.6 Å². The number of nitrogens with zero attached hydrogens (tertiary/aromatic N) is 1. The highest BCUT2D eigenvalue weighted by Gasteiger charge is 2.26. The Labute approximate surface area is 166 Å². The molecule has 2 aromatic rings. The predicted octanol–water partition coefficient (Wildman–Crippen LogP) is 3.11. The Hall–Kier alpha value is -2.38. The molecule has 0 unspecified atom stereocenters. The summed E-state index contributed by atoms with van der Waals surface area (Å²) >= 11 is 0. The summed E-state index contributed by atoms with van der Waals surface area (Å²) in [4.78, 5) is 12.2. The normalized spacial score (nSPS) is 14.4. The number of sulfonamides is 1. The van der Waals surface area contributed by atoms with E-state index >= 15 is 0 Å². The maximum atomic E-state index is 12.3. The van der Waals surface area contributed by atoms with E-state index in [-0.39, 0.29) is 18.3 Å². The van der Waals surface area contributed by atoms with Crippen molar-refractivity contribution in [2.75, 3.05) is 24.2 Å². The van der Waals surface area contributed by atoms with Gasteiger partial charge in [0.05, 0.1) is 5.75 Å². The number of amides is 1. The number of carbonyl (C=O) groups excluding carboxylic acids is 1. The minimum atomic E-state index is -3.23. The van der Waals surface area contributed by atoms with Gasteiger partial charge in [0, 0.05) is 18.8 Å². The zero-order valence-electron chi connectivity index (χ0n) is 16.3. The van der Waals surface area contributed by atoms with Crippen molar-refractivity contribution in [2.45, 2.75) is 33.2 Å². The second kappa shape index (κ2) is 8.75. The highest BCUT2D eigenvalue weighted by Crippen LogP contribution is 2.25. The van der Waals surface area contributed by atoms with E-state index in [9.17, 15) is 13.2 Å². The SMILES string of the molecule is CCCS(=O)(=O)N1CCc2ccc(NC(=O)COc3ccccc3C)cc2C1. The molecular formula is C21H26N2O4S. The van der Waals surface area contributed by atoms with E-state index in [4.69, 9.17) is 4.74 Å². The van der Waals surface area contributed by atoms with Crippen LogP contribution in [0, 0.1) is 6.92 Å². The third-order valence-corrected chi connectivity index (χ3v) is 6.80. The number of para-hydroxylation sites is 1. The predicted molar refractivity (Wildman–Crippen MR) is 110 cm³/mol. The Morgan fingerprint density at radius 3 is 2.71 bits per heavy atom. The molecule has 3 rings (SSSR count). The highest BCUT2D eigenvalue weighted by molar-refractivity contribution is 7.89. The molecule has 150 valence electrons. The molecule has 28 heavy (non-hydrogen) atoms. The van der Waals surface area contributed by atoms with Crippen molar-refractivity contribution < 1.29 is 17.9 Å². The maximum absolute atomic E-state index is 12.3. The van der Waals surface area contributed by atoms with Gasteiger partial charge in [-0.2, -0.15) is 4.31 Å². The molecule has 0 aromatic heterocycles. The van der Waals surface area contributed by atoms with Crippen LogP contribution in [0.5, 0.6) is 5.75 Å². The van der Waals surface area contributed by atoms with Gasteiger partial charge in [-0.15, -0.1) is 0 Å². The second-order valence-corrected chi connectivity index (χ2v) is 9.07. The molecule has 1 heterocycles. The number of hydrogen-bond donors (Lipinski definition) is 1. The van der Waals surface area contributed by atoms with Gasteiger partial charge in [0.15, 0.2) is 6.61 Å². The maximum Gasteiger partial charge on any atom is 0.262 e. The molecule has 6 nitrogen and oxygen atoms in total. The van der Waals surface area contributed by atoms with Crippen LogP contribution < -0.4 is 10.1 Å². The van der Waals surface area contributed by atoms with E-state index in [0.717, 1.165) is 16.7 Å². The zero-order chi connectivity index (χ0) is 20.1. The number of hydrogen-bond acceptors (Lipinski definition) is 4. The number of fused-ring (bicyclic) bond motifs is 1. The van der Waals surface area contributed by atoms with E-state index < -0.39 is 10.0 Å². The van der Waals surface area contributed by atoms with Gasteiger partial charge in [0.1, 0.15) is 5.75 Å². The van der Waals surface area contributed by atoms with Crippen LogP contribution >= 0.6 is 0 Å². The number of nitrogens with one attached hydrogen (secondary N) is 1. The van der Waals surface area contributed by atoms with Crippen LogP contribution in [0.1, 0.15) is 30.0 Å². The molecule has 0 saturated carbocycles. The first kappa shape index (κ1) is 20.4. The van der Waals surface area contributed by atoms with E-state index in [2.05, 4.69) is 5.32 Å². The fourth-order valence-corrected chi connectivity index (χ4v) is 4.77. The second-order valence-electron chi connectivity index (χ2n) is 6.99. The van der Waals surface area contributed by atoms with E-state index in [1.165, 1.54) is 4.31 Å². The topological polar surface area (TPSA) is 75.7 Å². The van der Waals surface area contributed by atoms with Gasteiger partial charge in [-0.1, -0.05) is 31.2 Å². The highest BCUT2D eigenvalue weighted by atomic mass is 32.2. The first-order valence-corrected chi connectivity index (χ1v) is 11.1. The summed E-state index contributed by atoms with van der Waals surface area (Å²) in [5, 5.41) is 2.83. The summed E-state index contributed by atoms with van der Waals surface area (Å²) in [7, 11) is -3.23. The lowest BCUT2D eigenvalue weighted by atomic mass is 10.0. The first-order chi connectivity index (χ1) is 13.4. The lowest BCUT2D eigenvalue weighted by Gasteiger charge is -2.28. The first-order valence-electron chi connectivity index (χ1n) is 9.47. The molecule has 0 spiro atoms. The molecule has 0 saturated heterocycles. The average molecular weight is 403 g/mol. The largest absolute Gasteiger partial charge is 0.483 e. The minimum Gasteiger partial charge on any atom is -0.483 e. The minimum absolute atomic E-state index is 0.0844. The van der Waals surface area contributed by atoms with Crippen molar-refractivity contribution in [3.63, 3.8) is 0 Å². The number of rotatable bonds is 7. The Balaban J connectivity index is 1.63. The lowest BCUT2D eigenvalue weighted by molar-refractivity contribution is -0.118. The molecule has 0 aliphatic carbocycles. The van der Waals surface area contributed by atoms with Crippen LogP contribution in [0.15, 0.2) is 42.5 Å². The van der Waals surface area contributed by atoms with E-state index in [0.29, 0.717) is 37.4 Å². The Morgan fingerprint density at radius 1 is 1.18 bits per heavy atom. The van der Waals surface area contributed by atoms with Crippen molar-refractivity contribution in [3.05, 3.63) is 59.2 Å². The molecule has 7 heteroatoms. The standard InChI is InChI=1S/C21H26N2O4S/c1-3-12-28(25,26)23-11-10-17-8-9-19(13-18(17)14-23)22-21(24)15-27-20-7-5-4-6-16(20)2/h4-9,13H,3,10-12,14-15H2,1-2H3,(H,22,24). The van der Waals surface area contributed by atoms with Gasteiger partial charge < -0.3 is 10.1 Å². The van der Waals surface area contributed by atoms with E-state index in [1.54, 1.807) is 0 Å². The summed E-state index contributed by atoms with van der Waals surface area (Å²) in [5.41, 5.74) is 3.67. The molecule has 1 amide bonds. The third-order valence-electron chi connectivity index (χ3n) is 4.78. The van der Waals surface area contributed by atoms with Crippen molar-refractivity contribution in [2.24, 2.45) is 0 Å². The number of anilines is 1. The number of benzene rings is 2. The lowest BCUT2D eigenvalue weighted by Crippen LogP contribution is -2.37. The van der Waals surface area contributed by atoms with Crippen LogP contribution in [-0.2, 0) is 27.8 Å². The van der Waals surface area contributed by atoms with Crippen LogP contribution in [0.3, 0.4) is 0 Å². The summed E-state index contributed by atoms with van der Waals surface area (Å²) in [6, 6.07) is 13.2. The summed E-state index contributed by atoms with van der Waals surface area (Å²) in [6.07, 6.45) is 1.28. The smallest absolute Gasteiger partial charge is 0.262 e. The van der Waals surface area contributed by atoms with Crippen LogP contribution in [0.25, 0.3) is 0 Å². The summed E-state index contributed by atoms with van der Waals surface area (Å²) in [6.45, 7) is 4.56. The van der Waals surface area contributed by atoms with E-state index in [1.807, 2.05) is 56.3 Å². The Kier molecular flexibility index (Phi) is 6.36. The number of carbonyl (C=O) groups is 1. The van der Waals surface area contributed by atoms with Crippen molar-refractivity contribution in [1.82, 2.24) is 4.31 Å². The van der Waals surface area contributed by atoms with Crippen molar-refractivity contribution in [1.29, 1.82) is 0 Å². The molecule has 0 bridgehead atoms. The summed E-state index contributed by atoms with van der Waals surface area (Å²) < 4.78 is 31.8. The molecule has 1 aliphatic heterocycles. The summed E-state index contributed by atoms with van der Waals surface area (Å²) in [5.74, 6) is 0.587. The van der Waals surface area contributed by atoms with Crippen LogP contribution in [-0.4, -0.2) is 37.5 Å². The zero-order valence-corrected chi connectivity index (χ0v) is 17.1. The van der Waals surface area contributed by atoms with Gasteiger partial charge in [0.2, 0.25) is 10.0 Å². The quantitative estimate of drug-likeness (QED) is 0.772. The number of ether oxygens (including phenoxy) is 1. The fraction of sp³-hybridized carbons (Fsp3) is 0.381. The molecule has 2 aromatic carbocycles. The molecule has 1 aliphatic rings.